The number of aryl methyl sites for hydroxylation is 1. The zero-order valence-corrected chi connectivity index (χ0v) is 17.1. The Morgan fingerprint density at radius 1 is 1.07 bits per heavy atom. The maximum atomic E-state index is 13.0. The lowest BCUT2D eigenvalue weighted by Crippen LogP contribution is -2.50. The van der Waals surface area contributed by atoms with Gasteiger partial charge >= 0.3 is 6.03 Å². The molecule has 0 aliphatic carbocycles. The Balaban J connectivity index is 1.44. The van der Waals surface area contributed by atoms with Gasteiger partial charge in [0.25, 0.3) is 0 Å². The minimum Gasteiger partial charge on any atom is -0.369 e. The normalized spacial score (nSPS) is 15.2. The number of piperazine rings is 1. The van der Waals surface area contributed by atoms with Crippen LogP contribution in [0.1, 0.15) is 5.56 Å². The van der Waals surface area contributed by atoms with Crippen LogP contribution in [0.15, 0.2) is 48.5 Å². The molecule has 156 valence electrons. The highest BCUT2D eigenvalue weighted by Gasteiger charge is 2.26. The second-order valence-electron chi connectivity index (χ2n) is 6.93. The molecule has 29 heavy (non-hydrogen) atoms. The summed E-state index contributed by atoms with van der Waals surface area (Å²) in [6.45, 7) is 3.73. The molecule has 0 spiro atoms. The molecule has 9 heteroatoms. The van der Waals surface area contributed by atoms with Crippen LogP contribution >= 0.6 is 0 Å². The number of rotatable bonds is 6. The second kappa shape index (κ2) is 9.23. The van der Waals surface area contributed by atoms with Crippen molar-refractivity contribution in [1.82, 2.24) is 9.62 Å². The number of nitrogens with one attached hydrogen (secondary N) is 2. The molecular formula is C20H25FN4O3S. The predicted octanol–water partition coefficient (Wildman–Crippen LogP) is 2.41. The van der Waals surface area contributed by atoms with Gasteiger partial charge in [-0.1, -0.05) is 12.1 Å². The molecule has 0 bridgehead atoms. The van der Waals surface area contributed by atoms with Crippen molar-refractivity contribution in [2.24, 2.45) is 0 Å². The zero-order valence-electron chi connectivity index (χ0n) is 16.3. The van der Waals surface area contributed by atoms with Gasteiger partial charge < -0.3 is 15.5 Å². The maximum Gasteiger partial charge on any atom is 0.319 e. The standard InChI is InChI=1S/C20H25FN4O3S/c1-16-3-2-4-18(15-16)23-20(26)22-9-14-29(27,28)25-12-10-24(11-13-25)19-7-5-17(21)6-8-19/h2-8,15H,9-14H2,1H3,(H2,22,23,26). The van der Waals surface area contributed by atoms with Crippen LogP contribution in [0, 0.1) is 12.7 Å². The van der Waals surface area contributed by atoms with Gasteiger partial charge in [-0.15, -0.1) is 0 Å². The van der Waals surface area contributed by atoms with E-state index in [-0.39, 0.29) is 18.1 Å². The van der Waals surface area contributed by atoms with Crippen LogP contribution in [0.2, 0.25) is 0 Å². The number of benzene rings is 2. The fraction of sp³-hybridized carbons (Fsp3) is 0.350. The number of hydrogen-bond donors (Lipinski definition) is 2. The Kier molecular flexibility index (Phi) is 6.71. The lowest BCUT2D eigenvalue weighted by atomic mass is 10.2. The summed E-state index contributed by atoms with van der Waals surface area (Å²) >= 11 is 0. The highest BCUT2D eigenvalue weighted by atomic mass is 32.2. The number of sulfonamides is 1. The van der Waals surface area contributed by atoms with Crippen molar-refractivity contribution in [3.8, 4) is 0 Å². The summed E-state index contributed by atoms with van der Waals surface area (Å²) < 4.78 is 39.6. The number of amides is 2. The molecule has 1 heterocycles. The van der Waals surface area contributed by atoms with E-state index in [0.717, 1.165) is 11.3 Å². The van der Waals surface area contributed by atoms with Crippen LogP contribution in [-0.4, -0.2) is 57.2 Å². The van der Waals surface area contributed by atoms with Gasteiger partial charge in [-0.2, -0.15) is 4.31 Å². The Morgan fingerprint density at radius 2 is 1.76 bits per heavy atom. The molecular weight excluding hydrogens is 395 g/mol. The minimum absolute atomic E-state index is 0.0260. The predicted molar refractivity (Wildman–Crippen MR) is 112 cm³/mol. The third-order valence-electron chi connectivity index (χ3n) is 4.75. The fourth-order valence-corrected chi connectivity index (χ4v) is 4.53. The highest BCUT2D eigenvalue weighted by Crippen LogP contribution is 2.18. The second-order valence-corrected chi connectivity index (χ2v) is 9.02. The number of anilines is 2. The van der Waals surface area contributed by atoms with E-state index >= 15 is 0 Å². The maximum absolute atomic E-state index is 13.0. The SMILES string of the molecule is Cc1cccc(NC(=O)NCCS(=O)(=O)N2CCN(c3ccc(F)cc3)CC2)c1. The van der Waals surface area contributed by atoms with E-state index in [1.54, 1.807) is 18.2 Å². The van der Waals surface area contributed by atoms with Crippen molar-refractivity contribution in [3.05, 3.63) is 59.9 Å². The molecule has 1 saturated heterocycles. The molecule has 0 saturated carbocycles. The first-order valence-electron chi connectivity index (χ1n) is 9.43. The van der Waals surface area contributed by atoms with Crippen LogP contribution in [0.4, 0.5) is 20.6 Å². The summed E-state index contributed by atoms with van der Waals surface area (Å²) in [4.78, 5) is 14.0. The van der Waals surface area contributed by atoms with Gasteiger partial charge in [0, 0.05) is 44.1 Å². The zero-order chi connectivity index (χ0) is 20.9. The first kappa shape index (κ1) is 21.1. The summed E-state index contributed by atoms with van der Waals surface area (Å²) in [5, 5.41) is 5.27. The van der Waals surface area contributed by atoms with Crippen LogP contribution in [0.25, 0.3) is 0 Å². The van der Waals surface area contributed by atoms with E-state index in [1.165, 1.54) is 16.4 Å². The largest absolute Gasteiger partial charge is 0.369 e. The Labute approximate surface area is 170 Å². The van der Waals surface area contributed by atoms with Gasteiger partial charge in [0.15, 0.2) is 0 Å². The number of carbonyl (C=O) groups is 1. The first-order valence-corrected chi connectivity index (χ1v) is 11.0. The van der Waals surface area contributed by atoms with Crippen LogP contribution < -0.4 is 15.5 Å². The number of carbonyl (C=O) groups excluding carboxylic acids is 1. The minimum atomic E-state index is -3.47. The molecule has 2 aromatic carbocycles. The molecule has 7 nitrogen and oxygen atoms in total. The molecule has 1 aliphatic heterocycles. The molecule has 2 amide bonds. The van der Waals surface area contributed by atoms with Crippen molar-refractivity contribution >= 4 is 27.4 Å². The number of urea groups is 1. The molecule has 1 aliphatic rings. The van der Waals surface area contributed by atoms with Gasteiger partial charge in [0.2, 0.25) is 10.0 Å². The third-order valence-corrected chi connectivity index (χ3v) is 6.62. The van der Waals surface area contributed by atoms with Crippen molar-refractivity contribution in [3.63, 3.8) is 0 Å². The van der Waals surface area contributed by atoms with Crippen LogP contribution in [0.5, 0.6) is 0 Å². The molecule has 2 aromatic rings. The molecule has 3 rings (SSSR count). The average Bonchev–Trinajstić information content (AvgIpc) is 2.68. The Morgan fingerprint density at radius 3 is 2.41 bits per heavy atom. The lowest BCUT2D eigenvalue weighted by molar-refractivity contribution is 0.252. The molecule has 2 N–H and O–H groups in total. The van der Waals surface area contributed by atoms with Gasteiger partial charge in [-0.3, -0.25) is 0 Å². The summed E-state index contributed by atoms with van der Waals surface area (Å²) in [7, 11) is -3.47. The highest BCUT2D eigenvalue weighted by molar-refractivity contribution is 7.89. The van der Waals surface area contributed by atoms with E-state index in [1.807, 2.05) is 30.0 Å². The molecule has 0 unspecified atom stereocenters. The number of nitrogens with zero attached hydrogens (tertiary/aromatic N) is 2. The van der Waals surface area contributed by atoms with E-state index in [2.05, 4.69) is 10.6 Å². The van der Waals surface area contributed by atoms with Crippen molar-refractivity contribution in [2.45, 2.75) is 6.92 Å². The van der Waals surface area contributed by atoms with E-state index in [9.17, 15) is 17.6 Å². The van der Waals surface area contributed by atoms with E-state index in [4.69, 9.17) is 0 Å². The van der Waals surface area contributed by atoms with Crippen molar-refractivity contribution in [1.29, 1.82) is 0 Å². The quantitative estimate of drug-likeness (QED) is 0.752. The van der Waals surface area contributed by atoms with Crippen molar-refractivity contribution in [2.75, 3.05) is 48.7 Å². The first-order chi connectivity index (χ1) is 13.8. The third kappa shape index (κ3) is 5.91. The van der Waals surface area contributed by atoms with Crippen LogP contribution in [-0.2, 0) is 10.0 Å². The Hall–Kier alpha value is -2.65. The van der Waals surface area contributed by atoms with E-state index in [0.29, 0.717) is 31.9 Å². The van der Waals surface area contributed by atoms with Gasteiger partial charge in [0.1, 0.15) is 5.82 Å². The molecule has 0 atom stereocenters. The monoisotopic (exact) mass is 420 g/mol. The lowest BCUT2D eigenvalue weighted by Gasteiger charge is -2.35. The van der Waals surface area contributed by atoms with Crippen molar-refractivity contribution < 1.29 is 17.6 Å². The summed E-state index contributed by atoms with van der Waals surface area (Å²) in [6, 6.07) is 13.1. The summed E-state index contributed by atoms with van der Waals surface area (Å²) in [5.41, 5.74) is 2.55. The summed E-state index contributed by atoms with van der Waals surface area (Å²) in [5.74, 6) is -0.459. The van der Waals surface area contributed by atoms with Gasteiger partial charge in [-0.25, -0.2) is 17.6 Å². The Bertz CT molecular complexity index is 942. The van der Waals surface area contributed by atoms with Gasteiger partial charge in [-0.05, 0) is 48.9 Å². The fourth-order valence-electron chi connectivity index (χ4n) is 3.20. The topological polar surface area (TPSA) is 81.8 Å². The van der Waals surface area contributed by atoms with E-state index < -0.39 is 16.1 Å². The smallest absolute Gasteiger partial charge is 0.319 e. The van der Waals surface area contributed by atoms with Crippen LogP contribution in [0.3, 0.4) is 0 Å². The number of hydrogen-bond acceptors (Lipinski definition) is 4. The number of halogens is 1. The molecule has 1 fully saturated rings. The molecule has 0 aromatic heterocycles. The van der Waals surface area contributed by atoms with Gasteiger partial charge in [0.05, 0.1) is 5.75 Å². The average molecular weight is 421 g/mol. The summed E-state index contributed by atoms with van der Waals surface area (Å²) in [6.07, 6.45) is 0. The molecule has 0 radical (unpaired) electrons.